The molecule has 72 valence electrons. The molecule has 1 heterocycles. The first-order valence-corrected chi connectivity index (χ1v) is 5.16. The summed E-state index contributed by atoms with van der Waals surface area (Å²) in [6.45, 7) is 6.10. The van der Waals surface area contributed by atoms with Gasteiger partial charge in [0, 0.05) is 18.7 Å². The van der Waals surface area contributed by atoms with E-state index in [4.69, 9.17) is 5.11 Å². The van der Waals surface area contributed by atoms with Gasteiger partial charge in [-0.3, -0.25) is 4.90 Å². The summed E-state index contributed by atoms with van der Waals surface area (Å²) >= 11 is 0. The van der Waals surface area contributed by atoms with Crippen LogP contribution < -0.4 is 0 Å². The maximum absolute atomic E-state index is 8.87. The molecule has 2 nitrogen and oxygen atoms in total. The van der Waals surface area contributed by atoms with Crippen LogP contribution >= 0.6 is 0 Å². The highest BCUT2D eigenvalue weighted by atomic mass is 16.3. The van der Waals surface area contributed by atoms with Gasteiger partial charge in [-0.1, -0.05) is 6.92 Å². The lowest BCUT2D eigenvalue weighted by Gasteiger charge is -2.29. The predicted octanol–water partition coefficient (Wildman–Crippen LogP) is 1.63. The Labute approximate surface area is 75.6 Å². The molecule has 1 aliphatic heterocycles. The second-order valence-electron chi connectivity index (χ2n) is 3.80. The van der Waals surface area contributed by atoms with Crippen LogP contribution in [0, 0.1) is 0 Å². The molecular weight excluding hydrogens is 150 g/mol. The zero-order chi connectivity index (χ0) is 8.97. The Bertz CT molecular complexity index is 127. The van der Waals surface area contributed by atoms with Gasteiger partial charge in [0.1, 0.15) is 0 Å². The van der Waals surface area contributed by atoms with Crippen LogP contribution in [0.1, 0.15) is 39.5 Å². The maximum Gasteiger partial charge on any atom is 0.0445 e. The zero-order valence-corrected chi connectivity index (χ0v) is 8.29. The minimum absolute atomic E-state index is 0.345. The molecule has 0 aromatic rings. The van der Waals surface area contributed by atoms with Gasteiger partial charge in [0.2, 0.25) is 0 Å². The lowest BCUT2D eigenvalue weighted by molar-refractivity contribution is 0.154. The first-order chi connectivity index (χ1) is 5.79. The molecule has 1 rings (SSSR count). The molecule has 12 heavy (non-hydrogen) atoms. The summed E-state index contributed by atoms with van der Waals surface area (Å²) in [5.41, 5.74) is 0. The lowest BCUT2D eigenvalue weighted by atomic mass is 10.1. The molecule has 0 amide bonds. The molecule has 0 saturated carbocycles. The highest BCUT2D eigenvalue weighted by Gasteiger charge is 2.26. The maximum atomic E-state index is 8.87. The minimum Gasteiger partial charge on any atom is -0.396 e. The van der Waals surface area contributed by atoms with Crippen molar-refractivity contribution in [3.05, 3.63) is 0 Å². The number of hydrogen-bond donors (Lipinski definition) is 1. The van der Waals surface area contributed by atoms with Crippen molar-refractivity contribution in [2.45, 2.75) is 51.6 Å². The van der Waals surface area contributed by atoms with Crippen molar-refractivity contribution in [2.24, 2.45) is 0 Å². The summed E-state index contributed by atoms with van der Waals surface area (Å²) in [6.07, 6.45) is 4.78. The normalized spacial score (nSPS) is 27.8. The molecule has 0 bridgehead atoms. The van der Waals surface area contributed by atoms with Crippen molar-refractivity contribution in [3.8, 4) is 0 Å². The molecule has 0 aliphatic carbocycles. The van der Waals surface area contributed by atoms with Crippen LogP contribution in [0.3, 0.4) is 0 Å². The lowest BCUT2D eigenvalue weighted by Crippen LogP contribution is -2.37. The van der Waals surface area contributed by atoms with E-state index in [2.05, 4.69) is 18.7 Å². The molecule has 1 fully saturated rings. The molecule has 0 spiro atoms. The average molecular weight is 171 g/mol. The van der Waals surface area contributed by atoms with E-state index in [9.17, 15) is 0 Å². The van der Waals surface area contributed by atoms with Gasteiger partial charge in [0.05, 0.1) is 0 Å². The molecule has 2 heteroatoms. The molecule has 0 radical (unpaired) electrons. The fraction of sp³-hybridized carbons (Fsp3) is 1.00. The Hall–Kier alpha value is -0.0800. The van der Waals surface area contributed by atoms with Gasteiger partial charge >= 0.3 is 0 Å². The van der Waals surface area contributed by atoms with Crippen LogP contribution in [-0.4, -0.2) is 35.2 Å². The summed E-state index contributed by atoms with van der Waals surface area (Å²) in [7, 11) is 0. The van der Waals surface area contributed by atoms with Crippen LogP contribution in [0.25, 0.3) is 0 Å². The van der Waals surface area contributed by atoms with E-state index in [1.807, 2.05) is 0 Å². The Balaban J connectivity index is 2.40. The van der Waals surface area contributed by atoms with Crippen molar-refractivity contribution in [3.63, 3.8) is 0 Å². The molecule has 2 unspecified atom stereocenters. The second-order valence-corrected chi connectivity index (χ2v) is 3.80. The first-order valence-electron chi connectivity index (χ1n) is 5.16. The van der Waals surface area contributed by atoms with Crippen LogP contribution in [0.2, 0.25) is 0 Å². The van der Waals surface area contributed by atoms with Gasteiger partial charge in [0.15, 0.2) is 0 Å². The van der Waals surface area contributed by atoms with Gasteiger partial charge in [-0.25, -0.2) is 0 Å². The highest BCUT2D eigenvalue weighted by Crippen LogP contribution is 2.23. The average Bonchev–Trinajstić information content (AvgIpc) is 2.52. The molecule has 0 aromatic heterocycles. The van der Waals surface area contributed by atoms with E-state index in [1.54, 1.807) is 0 Å². The van der Waals surface area contributed by atoms with Crippen LogP contribution in [0.15, 0.2) is 0 Å². The second kappa shape index (κ2) is 4.83. The Morgan fingerprint density at radius 1 is 1.58 bits per heavy atom. The molecule has 1 N–H and O–H groups in total. The van der Waals surface area contributed by atoms with E-state index in [0.717, 1.165) is 6.42 Å². The molecule has 0 aromatic carbocycles. The summed E-state index contributed by atoms with van der Waals surface area (Å²) in [5, 5.41) is 8.87. The number of aliphatic hydroxyl groups excluding tert-OH is 1. The van der Waals surface area contributed by atoms with Crippen molar-refractivity contribution >= 4 is 0 Å². The van der Waals surface area contributed by atoms with Crippen LogP contribution in [-0.2, 0) is 0 Å². The first kappa shape index (κ1) is 10.0. The van der Waals surface area contributed by atoms with E-state index in [1.165, 1.54) is 25.8 Å². The van der Waals surface area contributed by atoms with E-state index < -0.39 is 0 Å². The van der Waals surface area contributed by atoms with Gasteiger partial charge in [-0.15, -0.1) is 0 Å². The SMILES string of the molecule is CCC(C)N1CCCC1CCO. The topological polar surface area (TPSA) is 23.5 Å². The van der Waals surface area contributed by atoms with Gasteiger partial charge in [-0.2, -0.15) is 0 Å². The highest BCUT2D eigenvalue weighted by molar-refractivity contribution is 4.82. The van der Waals surface area contributed by atoms with E-state index >= 15 is 0 Å². The molecular formula is C10H21NO. The largest absolute Gasteiger partial charge is 0.396 e. The Morgan fingerprint density at radius 3 is 2.92 bits per heavy atom. The van der Waals surface area contributed by atoms with Crippen molar-refractivity contribution in [2.75, 3.05) is 13.2 Å². The fourth-order valence-electron chi connectivity index (χ4n) is 2.13. The number of rotatable bonds is 4. The quantitative estimate of drug-likeness (QED) is 0.695. The van der Waals surface area contributed by atoms with Crippen molar-refractivity contribution < 1.29 is 5.11 Å². The number of likely N-dealkylation sites (tertiary alicyclic amines) is 1. The standard InChI is InChI=1S/C10H21NO/c1-3-9(2)11-7-4-5-10(11)6-8-12/h9-10,12H,3-8H2,1-2H3. The molecule has 2 atom stereocenters. The van der Waals surface area contributed by atoms with Crippen LogP contribution in [0.4, 0.5) is 0 Å². The summed E-state index contributed by atoms with van der Waals surface area (Å²) in [6, 6.07) is 1.36. The summed E-state index contributed by atoms with van der Waals surface area (Å²) in [5.74, 6) is 0. The van der Waals surface area contributed by atoms with Gasteiger partial charge in [0.25, 0.3) is 0 Å². The smallest absolute Gasteiger partial charge is 0.0445 e. The zero-order valence-electron chi connectivity index (χ0n) is 8.29. The van der Waals surface area contributed by atoms with E-state index in [-0.39, 0.29) is 0 Å². The summed E-state index contributed by atoms with van der Waals surface area (Å²) < 4.78 is 0. The van der Waals surface area contributed by atoms with Gasteiger partial charge in [-0.05, 0) is 39.2 Å². The van der Waals surface area contributed by atoms with Crippen LogP contribution in [0.5, 0.6) is 0 Å². The monoisotopic (exact) mass is 171 g/mol. The van der Waals surface area contributed by atoms with Gasteiger partial charge < -0.3 is 5.11 Å². The Morgan fingerprint density at radius 2 is 2.33 bits per heavy atom. The third kappa shape index (κ3) is 2.20. The van der Waals surface area contributed by atoms with Crippen molar-refractivity contribution in [1.29, 1.82) is 0 Å². The number of nitrogens with zero attached hydrogens (tertiary/aromatic N) is 1. The summed E-state index contributed by atoms with van der Waals surface area (Å²) in [4.78, 5) is 2.55. The van der Waals surface area contributed by atoms with E-state index in [0.29, 0.717) is 18.7 Å². The number of hydrogen-bond acceptors (Lipinski definition) is 2. The minimum atomic E-state index is 0.345. The fourth-order valence-corrected chi connectivity index (χ4v) is 2.13. The number of aliphatic hydroxyl groups is 1. The predicted molar refractivity (Wildman–Crippen MR) is 51.2 cm³/mol. The molecule has 1 aliphatic rings. The van der Waals surface area contributed by atoms with Crippen molar-refractivity contribution in [1.82, 2.24) is 4.90 Å². The third-order valence-electron chi connectivity index (χ3n) is 3.04. The third-order valence-corrected chi connectivity index (χ3v) is 3.04. The Kier molecular flexibility index (Phi) is 4.02. The molecule has 1 saturated heterocycles.